The number of hydrogen-bond acceptors (Lipinski definition) is 3. The molecule has 0 saturated heterocycles. The number of hydrogen-bond donors (Lipinski definition) is 1. The lowest BCUT2D eigenvalue weighted by molar-refractivity contribution is 0.284. The second kappa shape index (κ2) is 6.41. The minimum absolute atomic E-state index is 0.0161. The van der Waals surface area contributed by atoms with Gasteiger partial charge in [0.15, 0.2) is 0 Å². The van der Waals surface area contributed by atoms with Crippen LogP contribution in [0.1, 0.15) is 43.6 Å². The summed E-state index contributed by atoms with van der Waals surface area (Å²) in [6.45, 7) is 0. The van der Waals surface area contributed by atoms with E-state index in [2.05, 4.69) is 11.1 Å². The molecular formula is C18H20FN3. The molecule has 1 saturated carbocycles. The molecule has 1 aliphatic rings. The molecular weight excluding hydrogens is 277 g/mol. The monoisotopic (exact) mass is 297 g/mol. The van der Waals surface area contributed by atoms with Crippen molar-refractivity contribution in [1.82, 2.24) is 4.98 Å². The summed E-state index contributed by atoms with van der Waals surface area (Å²) in [6, 6.07) is 8.95. The number of nitrogens with two attached hydrogens (primary N) is 1. The lowest BCUT2D eigenvalue weighted by Crippen LogP contribution is -2.32. The first-order valence-corrected chi connectivity index (χ1v) is 7.85. The normalized spacial score (nSPS) is 23.1. The number of pyridine rings is 1. The Kier molecular flexibility index (Phi) is 4.35. The average Bonchev–Trinajstić information content (AvgIpc) is 2.54. The predicted molar refractivity (Wildman–Crippen MR) is 84.6 cm³/mol. The van der Waals surface area contributed by atoms with Crippen molar-refractivity contribution >= 4 is 10.9 Å². The molecule has 1 heterocycles. The molecule has 0 amide bonds. The summed E-state index contributed by atoms with van der Waals surface area (Å²) < 4.78 is 13.6. The zero-order valence-electron chi connectivity index (χ0n) is 12.5. The van der Waals surface area contributed by atoms with Gasteiger partial charge < -0.3 is 5.73 Å². The number of fused-ring (bicyclic) bond motifs is 1. The van der Waals surface area contributed by atoms with Crippen LogP contribution >= 0.6 is 0 Å². The van der Waals surface area contributed by atoms with Crippen LogP contribution in [0.5, 0.6) is 0 Å². The molecule has 114 valence electrons. The summed E-state index contributed by atoms with van der Waals surface area (Å²) in [7, 11) is 0. The third-order valence-electron chi connectivity index (χ3n) is 4.88. The van der Waals surface area contributed by atoms with Crippen LogP contribution in [0, 0.1) is 23.1 Å². The SMILES string of the molecule is N#CCC(N)[C@H]1CC[C@@H](c2ccnc3ccc(F)cc32)CC1. The molecule has 3 nitrogen and oxygen atoms in total. The molecule has 22 heavy (non-hydrogen) atoms. The standard InChI is InChI=1S/C18H20FN3/c19-14-5-6-18-16(11-14)15(8-10-22-18)12-1-3-13(4-2-12)17(21)7-9-20/h5-6,8,10-13,17H,1-4,7,21H2/t12-,13+,17?. The highest BCUT2D eigenvalue weighted by molar-refractivity contribution is 5.82. The van der Waals surface area contributed by atoms with E-state index < -0.39 is 0 Å². The topological polar surface area (TPSA) is 62.7 Å². The maximum atomic E-state index is 13.6. The van der Waals surface area contributed by atoms with Crippen LogP contribution in [0.3, 0.4) is 0 Å². The highest BCUT2D eigenvalue weighted by atomic mass is 19.1. The number of aromatic nitrogens is 1. The van der Waals surface area contributed by atoms with Crippen molar-refractivity contribution in [2.75, 3.05) is 0 Å². The van der Waals surface area contributed by atoms with Crippen LogP contribution in [0.2, 0.25) is 0 Å². The van der Waals surface area contributed by atoms with Gasteiger partial charge in [-0.2, -0.15) is 5.26 Å². The number of nitriles is 1. The van der Waals surface area contributed by atoms with Crippen molar-refractivity contribution in [1.29, 1.82) is 5.26 Å². The third kappa shape index (κ3) is 2.95. The van der Waals surface area contributed by atoms with E-state index in [-0.39, 0.29) is 11.9 Å². The highest BCUT2D eigenvalue weighted by Gasteiger charge is 2.27. The predicted octanol–water partition coefficient (Wildman–Crippen LogP) is 3.89. The van der Waals surface area contributed by atoms with Gasteiger partial charge in [0.05, 0.1) is 18.0 Å². The van der Waals surface area contributed by atoms with Crippen molar-refractivity contribution in [2.24, 2.45) is 11.7 Å². The van der Waals surface area contributed by atoms with E-state index in [0.29, 0.717) is 18.3 Å². The molecule has 4 heteroatoms. The zero-order valence-corrected chi connectivity index (χ0v) is 12.5. The van der Waals surface area contributed by atoms with Gasteiger partial charge in [-0.3, -0.25) is 4.98 Å². The Labute approximate surface area is 130 Å². The van der Waals surface area contributed by atoms with Crippen molar-refractivity contribution in [3.05, 3.63) is 41.8 Å². The first kappa shape index (κ1) is 14.9. The van der Waals surface area contributed by atoms with E-state index in [1.165, 1.54) is 11.6 Å². The van der Waals surface area contributed by atoms with Gasteiger partial charge in [0, 0.05) is 17.6 Å². The Bertz CT molecular complexity index is 699. The molecule has 1 aromatic carbocycles. The van der Waals surface area contributed by atoms with Gasteiger partial charge in [-0.15, -0.1) is 0 Å². The van der Waals surface area contributed by atoms with Crippen LogP contribution in [-0.4, -0.2) is 11.0 Å². The molecule has 1 fully saturated rings. The lowest BCUT2D eigenvalue weighted by atomic mass is 9.75. The van der Waals surface area contributed by atoms with Gasteiger partial charge in [0.1, 0.15) is 5.82 Å². The minimum atomic E-state index is -0.216. The average molecular weight is 297 g/mol. The molecule has 3 rings (SSSR count). The van der Waals surface area contributed by atoms with Crippen molar-refractivity contribution in [3.63, 3.8) is 0 Å². The molecule has 0 radical (unpaired) electrons. The summed E-state index contributed by atoms with van der Waals surface area (Å²) in [5, 5.41) is 9.69. The van der Waals surface area contributed by atoms with Gasteiger partial charge in [0.2, 0.25) is 0 Å². The maximum absolute atomic E-state index is 13.6. The molecule has 2 aromatic rings. The summed E-state index contributed by atoms with van der Waals surface area (Å²) in [4.78, 5) is 4.32. The molecule has 1 unspecified atom stereocenters. The summed E-state index contributed by atoms with van der Waals surface area (Å²) in [6.07, 6.45) is 6.39. The quantitative estimate of drug-likeness (QED) is 0.934. The van der Waals surface area contributed by atoms with Crippen LogP contribution in [0.25, 0.3) is 10.9 Å². The zero-order chi connectivity index (χ0) is 15.5. The molecule has 1 aromatic heterocycles. The Hall–Kier alpha value is -1.99. The highest BCUT2D eigenvalue weighted by Crippen LogP contribution is 2.39. The van der Waals surface area contributed by atoms with Gasteiger partial charge in [-0.25, -0.2) is 4.39 Å². The number of nitrogens with zero attached hydrogens (tertiary/aromatic N) is 2. The Balaban J connectivity index is 1.79. The van der Waals surface area contributed by atoms with E-state index in [1.807, 2.05) is 12.3 Å². The molecule has 0 aliphatic heterocycles. The van der Waals surface area contributed by atoms with E-state index >= 15 is 0 Å². The van der Waals surface area contributed by atoms with E-state index in [1.54, 1.807) is 12.1 Å². The van der Waals surface area contributed by atoms with Crippen LogP contribution in [-0.2, 0) is 0 Å². The first-order valence-electron chi connectivity index (χ1n) is 7.85. The Morgan fingerprint density at radius 2 is 2.05 bits per heavy atom. The summed E-state index contributed by atoms with van der Waals surface area (Å²) in [5.41, 5.74) is 8.11. The van der Waals surface area contributed by atoms with Gasteiger partial charge in [0.25, 0.3) is 0 Å². The second-order valence-corrected chi connectivity index (χ2v) is 6.20. The fourth-order valence-corrected chi connectivity index (χ4v) is 3.63. The van der Waals surface area contributed by atoms with Crippen molar-refractivity contribution < 1.29 is 4.39 Å². The van der Waals surface area contributed by atoms with E-state index in [0.717, 1.165) is 36.6 Å². The summed E-state index contributed by atoms with van der Waals surface area (Å²) >= 11 is 0. The first-order chi connectivity index (χ1) is 10.7. The molecule has 2 N–H and O–H groups in total. The smallest absolute Gasteiger partial charge is 0.123 e. The van der Waals surface area contributed by atoms with Crippen LogP contribution in [0.4, 0.5) is 4.39 Å². The van der Waals surface area contributed by atoms with Gasteiger partial charge in [-0.1, -0.05) is 0 Å². The number of halogens is 1. The lowest BCUT2D eigenvalue weighted by Gasteiger charge is -2.32. The number of rotatable bonds is 3. The Morgan fingerprint density at radius 3 is 2.77 bits per heavy atom. The summed E-state index contributed by atoms with van der Waals surface area (Å²) in [5.74, 6) is 0.644. The fourth-order valence-electron chi connectivity index (χ4n) is 3.63. The fraction of sp³-hybridized carbons (Fsp3) is 0.444. The van der Waals surface area contributed by atoms with Gasteiger partial charge in [-0.05, 0) is 67.3 Å². The van der Waals surface area contributed by atoms with Crippen LogP contribution < -0.4 is 5.73 Å². The maximum Gasteiger partial charge on any atom is 0.123 e. The largest absolute Gasteiger partial charge is 0.327 e. The van der Waals surface area contributed by atoms with Crippen LogP contribution in [0.15, 0.2) is 30.5 Å². The third-order valence-corrected chi connectivity index (χ3v) is 4.88. The molecule has 1 aliphatic carbocycles. The number of benzene rings is 1. The van der Waals surface area contributed by atoms with Gasteiger partial charge >= 0.3 is 0 Å². The van der Waals surface area contributed by atoms with E-state index in [9.17, 15) is 4.39 Å². The molecule has 0 bridgehead atoms. The second-order valence-electron chi connectivity index (χ2n) is 6.20. The van der Waals surface area contributed by atoms with Crippen molar-refractivity contribution in [3.8, 4) is 6.07 Å². The molecule has 1 atom stereocenters. The molecule has 0 spiro atoms. The minimum Gasteiger partial charge on any atom is -0.327 e. The van der Waals surface area contributed by atoms with Crippen molar-refractivity contribution in [2.45, 2.75) is 44.1 Å². The van der Waals surface area contributed by atoms with E-state index in [4.69, 9.17) is 11.0 Å². The Morgan fingerprint density at radius 1 is 1.27 bits per heavy atom.